The molecule has 2 unspecified atom stereocenters. The van der Waals surface area contributed by atoms with Gasteiger partial charge in [-0.1, -0.05) is 25.7 Å². The SMILES string of the molecule is CC(NC(C)C1CCC1)C(=O)NC1CCCCC1. The van der Waals surface area contributed by atoms with Crippen molar-refractivity contribution in [3.05, 3.63) is 0 Å². The lowest BCUT2D eigenvalue weighted by Gasteiger charge is -2.34. The second-order valence-corrected chi connectivity index (χ2v) is 6.21. The van der Waals surface area contributed by atoms with Crippen LogP contribution in [0, 0.1) is 5.92 Å². The second kappa shape index (κ2) is 6.55. The minimum Gasteiger partial charge on any atom is -0.352 e. The molecule has 2 N–H and O–H groups in total. The van der Waals surface area contributed by atoms with Crippen LogP contribution in [0.25, 0.3) is 0 Å². The molecule has 0 saturated heterocycles. The maximum absolute atomic E-state index is 12.1. The highest BCUT2D eigenvalue weighted by atomic mass is 16.2. The van der Waals surface area contributed by atoms with Gasteiger partial charge < -0.3 is 10.6 Å². The molecule has 3 nitrogen and oxygen atoms in total. The van der Waals surface area contributed by atoms with Crippen LogP contribution in [0.5, 0.6) is 0 Å². The Morgan fingerprint density at radius 2 is 1.67 bits per heavy atom. The van der Waals surface area contributed by atoms with Crippen molar-refractivity contribution in [2.75, 3.05) is 0 Å². The molecule has 0 aromatic heterocycles. The topological polar surface area (TPSA) is 41.1 Å². The summed E-state index contributed by atoms with van der Waals surface area (Å²) in [6.45, 7) is 4.21. The van der Waals surface area contributed by atoms with E-state index in [0.717, 1.165) is 18.8 Å². The summed E-state index contributed by atoms with van der Waals surface area (Å²) in [7, 11) is 0. The molecule has 2 aliphatic rings. The zero-order chi connectivity index (χ0) is 13.0. The summed E-state index contributed by atoms with van der Waals surface area (Å²) < 4.78 is 0. The highest BCUT2D eigenvalue weighted by molar-refractivity contribution is 5.81. The molecule has 3 heteroatoms. The quantitative estimate of drug-likeness (QED) is 0.789. The summed E-state index contributed by atoms with van der Waals surface area (Å²) in [6.07, 6.45) is 10.2. The average Bonchev–Trinajstić information content (AvgIpc) is 2.27. The third-order valence-corrected chi connectivity index (χ3v) is 4.71. The van der Waals surface area contributed by atoms with Gasteiger partial charge in [-0.25, -0.2) is 0 Å². The third kappa shape index (κ3) is 3.71. The fourth-order valence-corrected chi connectivity index (χ4v) is 3.12. The predicted octanol–water partition coefficient (Wildman–Crippen LogP) is 2.60. The molecule has 2 aliphatic carbocycles. The number of carbonyl (C=O) groups excluding carboxylic acids is 1. The summed E-state index contributed by atoms with van der Waals surface area (Å²) in [4.78, 5) is 12.1. The molecule has 2 atom stereocenters. The number of carbonyl (C=O) groups is 1. The molecule has 2 saturated carbocycles. The monoisotopic (exact) mass is 252 g/mol. The summed E-state index contributed by atoms with van der Waals surface area (Å²) in [5.41, 5.74) is 0. The van der Waals surface area contributed by atoms with E-state index >= 15 is 0 Å². The fraction of sp³-hybridized carbons (Fsp3) is 0.933. The van der Waals surface area contributed by atoms with Crippen LogP contribution < -0.4 is 10.6 Å². The minimum absolute atomic E-state index is 0.0532. The van der Waals surface area contributed by atoms with Crippen LogP contribution in [0.15, 0.2) is 0 Å². The zero-order valence-corrected chi connectivity index (χ0v) is 11.9. The van der Waals surface area contributed by atoms with E-state index in [9.17, 15) is 4.79 Å². The van der Waals surface area contributed by atoms with Gasteiger partial charge in [0.25, 0.3) is 0 Å². The van der Waals surface area contributed by atoms with E-state index in [0.29, 0.717) is 12.1 Å². The summed E-state index contributed by atoms with van der Waals surface area (Å²) in [5.74, 6) is 0.975. The predicted molar refractivity (Wildman–Crippen MR) is 74.4 cm³/mol. The molecule has 1 amide bonds. The Balaban J connectivity index is 1.69. The van der Waals surface area contributed by atoms with E-state index in [1.165, 1.54) is 38.5 Å². The molecular weight excluding hydrogens is 224 g/mol. The molecule has 104 valence electrons. The lowest BCUT2D eigenvalue weighted by Crippen LogP contribution is -2.51. The van der Waals surface area contributed by atoms with Crippen molar-refractivity contribution in [1.82, 2.24) is 10.6 Å². The largest absolute Gasteiger partial charge is 0.352 e. The van der Waals surface area contributed by atoms with Crippen LogP contribution in [0.4, 0.5) is 0 Å². The highest BCUT2D eigenvalue weighted by Gasteiger charge is 2.27. The Morgan fingerprint density at radius 1 is 1.00 bits per heavy atom. The van der Waals surface area contributed by atoms with Gasteiger partial charge in [0.05, 0.1) is 6.04 Å². The third-order valence-electron chi connectivity index (χ3n) is 4.71. The number of nitrogens with one attached hydrogen (secondary N) is 2. The van der Waals surface area contributed by atoms with Gasteiger partial charge in [-0.15, -0.1) is 0 Å². The smallest absolute Gasteiger partial charge is 0.237 e. The van der Waals surface area contributed by atoms with E-state index < -0.39 is 0 Å². The first-order valence-corrected chi connectivity index (χ1v) is 7.73. The summed E-state index contributed by atoms with van der Waals surface area (Å²) >= 11 is 0. The normalized spacial score (nSPS) is 25.2. The van der Waals surface area contributed by atoms with Crippen molar-refractivity contribution in [2.45, 2.75) is 83.3 Å². The van der Waals surface area contributed by atoms with Crippen molar-refractivity contribution >= 4 is 5.91 Å². The fourth-order valence-electron chi connectivity index (χ4n) is 3.12. The Morgan fingerprint density at radius 3 is 2.22 bits per heavy atom. The van der Waals surface area contributed by atoms with E-state index in [4.69, 9.17) is 0 Å². The van der Waals surface area contributed by atoms with Crippen molar-refractivity contribution in [1.29, 1.82) is 0 Å². The van der Waals surface area contributed by atoms with Gasteiger partial charge in [0, 0.05) is 12.1 Å². The molecule has 0 aromatic carbocycles. The average molecular weight is 252 g/mol. The van der Waals surface area contributed by atoms with Gasteiger partial charge in [-0.3, -0.25) is 4.79 Å². The van der Waals surface area contributed by atoms with Gasteiger partial charge in [-0.2, -0.15) is 0 Å². The zero-order valence-electron chi connectivity index (χ0n) is 11.9. The first kappa shape index (κ1) is 13.9. The Bertz CT molecular complexity index is 270. The van der Waals surface area contributed by atoms with Crippen LogP contribution in [-0.4, -0.2) is 24.0 Å². The Labute approximate surface area is 111 Å². The van der Waals surface area contributed by atoms with E-state index in [1.807, 2.05) is 6.92 Å². The Kier molecular flexibility index (Phi) is 5.04. The molecule has 18 heavy (non-hydrogen) atoms. The van der Waals surface area contributed by atoms with E-state index in [2.05, 4.69) is 17.6 Å². The molecule has 0 bridgehead atoms. The van der Waals surface area contributed by atoms with Gasteiger partial charge in [-0.05, 0) is 45.4 Å². The molecule has 0 heterocycles. The number of rotatable bonds is 5. The molecule has 2 rings (SSSR count). The standard InChI is InChI=1S/C15H28N2O/c1-11(13-7-6-8-13)16-12(2)15(18)17-14-9-4-3-5-10-14/h11-14,16H,3-10H2,1-2H3,(H,17,18). The summed E-state index contributed by atoms with van der Waals surface area (Å²) in [6, 6.07) is 0.850. The maximum atomic E-state index is 12.1. The molecule has 2 fully saturated rings. The maximum Gasteiger partial charge on any atom is 0.237 e. The van der Waals surface area contributed by atoms with Gasteiger partial charge in [0.2, 0.25) is 5.91 Å². The van der Waals surface area contributed by atoms with Crippen LogP contribution in [-0.2, 0) is 4.79 Å². The van der Waals surface area contributed by atoms with Crippen LogP contribution in [0.1, 0.15) is 65.2 Å². The Hall–Kier alpha value is -0.570. The first-order chi connectivity index (χ1) is 8.66. The molecule has 0 aliphatic heterocycles. The minimum atomic E-state index is -0.0532. The molecule has 0 aromatic rings. The number of hydrogen-bond donors (Lipinski definition) is 2. The highest BCUT2D eigenvalue weighted by Crippen LogP contribution is 2.29. The molecule has 0 radical (unpaired) electrons. The summed E-state index contributed by atoms with van der Waals surface area (Å²) in [5, 5.41) is 6.66. The van der Waals surface area contributed by atoms with Crippen molar-refractivity contribution in [2.24, 2.45) is 5.92 Å². The van der Waals surface area contributed by atoms with Crippen LogP contribution in [0.2, 0.25) is 0 Å². The lowest BCUT2D eigenvalue weighted by molar-refractivity contribution is -0.124. The van der Waals surface area contributed by atoms with E-state index in [1.54, 1.807) is 0 Å². The molecule has 0 spiro atoms. The number of hydrogen-bond acceptors (Lipinski definition) is 2. The van der Waals surface area contributed by atoms with E-state index in [-0.39, 0.29) is 11.9 Å². The van der Waals surface area contributed by atoms with Crippen LogP contribution in [0.3, 0.4) is 0 Å². The van der Waals surface area contributed by atoms with Gasteiger partial charge in [0.15, 0.2) is 0 Å². The van der Waals surface area contributed by atoms with Crippen molar-refractivity contribution in [3.8, 4) is 0 Å². The first-order valence-electron chi connectivity index (χ1n) is 7.73. The van der Waals surface area contributed by atoms with Crippen molar-refractivity contribution in [3.63, 3.8) is 0 Å². The van der Waals surface area contributed by atoms with Gasteiger partial charge >= 0.3 is 0 Å². The molecular formula is C15H28N2O. The van der Waals surface area contributed by atoms with Crippen molar-refractivity contribution < 1.29 is 4.79 Å². The second-order valence-electron chi connectivity index (χ2n) is 6.21. The lowest BCUT2D eigenvalue weighted by atomic mass is 9.80. The number of amides is 1. The van der Waals surface area contributed by atoms with Crippen LogP contribution >= 0.6 is 0 Å². The van der Waals surface area contributed by atoms with Gasteiger partial charge in [0.1, 0.15) is 0 Å².